The monoisotopic (exact) mass is 445 g/mol. The van der Waals surface area contributed by atoms with E-state index in [4.69, 9.17) is 29.3 Å². The van der Waals surface area contributed by atoms with Crippen LogP contribution in [0.4, 0.5) is 0 Å². The zero-order chi connectivity index (χ0) is 23.8. The van der Waals surface area contributed by atoms with Crippen molar-refractivity contribution in [2.45, 2.75) is 39.5 Å². The Morgan fingerprint density at radius 2 is 1.44 bits per heavy atom. The number of hydrogen-bond donors (Lipinski definition) is 2. The van der Waals surface area contributed by atoms with Crippen molar-refractivity contribution in [3.05, 3.63) is 59.7 Å². The van der Waals surface area contributed by atoms with Gasteiger partial charge in [0.1, 0.15) is 0 Å². The maximum Gasteiger partial charge on any atom is 0.414 e. The van der Waals surface area contributed by atoms with Gasteiger partial charge in [-0.2, -0.15) is 0 Å². The van der Waals surface area contributed by atoms with Gasteiger partial charge in [0.25, 0.3) is 0 Å². The molecule has 0 saturated heterocycles. The number of carbonyl (C=O) groups is 2. The molecule has 0 radical (unpaired) electrons. The first-order valence-electron chi connectivity index (χ1n) is 10.9. The van der Waals surface area contributed by atoms with Crippen molar-refractivity contribution in [1.29, 1.82) is 0 Å². The Labute approximate surface area is 190 Å². The zero-order valence-electron chi connectivity index (χ0n) is 19.3. The summed E-state index contributed by atoms with van der Waals surface area (Å²) in [6, 6.07) is 16.7. The molecule has 0 bridgehead atoms. The third kappa shape index (κ3) is 10.8. The van der Waals surface area contributed by atoms with Crippen LogP contribution < -0.4 is 9.47 Å². The summed E-state index contributed by atoms with van der Waals surface area (Å²) in [5.74, 6) is -2.00. The Balaban J connectivity index is 0.000000751. The standard InChI is InChI=1S/C23H33NO2.C2H2O4/c1-4-15-24(16-5-2)17-13-21-11-12-22(23(19-21)25-3)26-18-14-20-9-7-6-8-10-20;3-1(4)2(5)6/h6-12,19H,4-5,13-18H2,1-3H3;(H,3,4)(H,5,6). The number of aliphatic carboxylic acids is 2. The van der Waals surface area contributed by atoms with E-state index in [1.54, 1.807) is 7.11 Å². The van der Waals surface area contributed by atoms with Crippen LogP contribution in [-0.4, -0.2) is 60.4 Å². The fourth-order valence-corrected chi connectivity index (χ4v) is 3.17. The number of hydrogen-bond acceptors (Lipinski definition) is 5. The predicted molar refractivity (Wildman–Crippen MR) is 125 cm³/mol. The molecular formula is C25H35NO6. The lowest BCUT2D eigenvalue weighted by molar-refractivity contribution is -0.159. The van der Waals surface area contributed by atoms with Crippen molar-refractivity contribution in [3.63, 3.8) is 0 Å². The fraction of sp³-hybridized carbons (Fsp3) is 0.440. The number of carboxylic acids is 2. The Hall–Kier alpha value is -3.06. The molecule has 0 atom stereocenters. The van der Waals surface area contributed by atoms with E-state index in [1.807, 2.05) is 12.1 Å². The van der Waals surface area contributed by atoms with Crippen LogP contribution >= 0.6 is 0 Å². The van der Waals surface area contributed by atoms with E-state index >= 15 is 0 Å². The molecule has 2 N–H and O–H groups in total. The molecule has 0 saturated carbocycles. The average molecular weight is 446 g/mol. The largest absolute Gasteiger partial charge is 0.493 e. The Kier molecular flexibility index (Phi) is 13.2. The van der Waals surface area contributed by atoms with Gasteiger partial charge in [0.2, 0.25) is 0 Å². The highest BCUT2D eigenvalue weighted by atomic mass is 16.5. The van der Waals surface area contributed by atoms with Crippen molar-refractivity contribution in [3.8, 4) is 11.5 Å². The normalized spacial score (nSPS) is 10.2. The van der Waals surface area contributed by atoms with Gasteiger partial charge in [-0.3, -0.25) is 0 Å². The third-order valence-corrected chi connectivity index (χ3v) is 4.70. The predicted octanol–water partition coefficient (Wildman–Crippen LogP) is 4.14. The molecule has 0 heterocycles. The SMILES string of the molecule is CCCN(CCC)CCc1ccc(OCCc2ccccc2)c(OC)c1.O=C(O)C(=O)O. The molecule has 32 heavy (non-hydrogen) atoms. The second kappa shape index (κ2) is 15.7. The first-order valence-corrected chi connectivity index (χ1v) is 10.9. The summed E-state index contributed by atoms with van der Waals surface area (Å²) in [6.07, 6.45) is 4.35. The number of ether oxygens (including phenoxy) is 2. The molecule has 0 spiro atoms. The molecule has 0 aromatic heterocycles. The number of benzene rings is 2. The second-order valence-corrected chi connectivity index (χ2v) is 7.27. The minimum atomic E-state index is -1.82. The van der Waals surface area contributed by atoms with Gasteiger partial charge in [-0.25, -0.2) is 9.59 Å². The highest BCUT2D eigenvalue weighted by Crippen LogP contribution is 2.28. The summed E-state index contributed by atoms with van der Waals surface area (Å²) in [5, 5.41) is 14.8. The number of carboxylic acid groups (broad SMARTS) is 2. The third-order valence-electron chi connectivity index (χ3n) is 4.70. The van der Waals surface area contributed by atoms with E-state index in [1.165, 1.54) is 37.1 Å². The van der Waals surface area contributed by atoms with Crippen molar-refractivity contribution in [2.75, 3.05) is 33.4 Å². The van der Waals surface area contributed by atoms with E-state index in [0.717, 1.165) is 30.9 Å². The molecule has 0 unspecified atom stereocenters. The smallest absolute Gasteiger partial charge is 0.414 e. The van der Waals surface area contributed by atoms with Gasteiger partial charge >= 0.3 is 11.9 Å². The molecule has 0 aliphatic heterocycles. The summed E-state index contributed by atoms with van der Waals surface area (Å²) >= 11 is 0. The van der Waals surface area contributed by atoms with Crippen LogP contribution in [0.2, 0.25) is 0 Å². The van der Waals surface area contributed by atoms with Crippen LogP contribution in [0.5, 0.6) is 11.5 Å². The Morgan fingerprint density at radius 3 is 1.97 bits per heavy atom. The van der Waals surface area contributed by atoms with Crippen molar-refractivity contribution < 1.29 is 29.3 Å². The Morgan fingerprint density at radius 1 is 0.812 bits per heavy atom. The summed E-state index contributed by atoms with van der Waals surface area (Å²) < 4.78 is 11.5. The van der Waals surface area contributed by atoms with Gasteiger partial charge in [-0.15, -0.1) is 0 Å². The fourth-order valence-electron chi connectivity index (χ4n) is 3.17. The molecule has 2 aromatic carbocycles. The maximum atomic E-state index is 9.10. The first kappa shape index (κ1) is 27.0. The van der Waals surface area contributed by atoms with Crippen molar-refractivity contribution in [1.82, 2.24) is 4.90 Å². The van der Waals surface area contributed by atoms with Crippen molar-refractivity contribution >= 4 is 11.9 Å². The average Bonchev–Trinajstić information content (AvgIpc) is 2.79. The second-order valence-electron chi connectivity index (χ2n) is 7.27. The van der Waals surface area contributed by atoms with Crippen LogP contribution in [0.25, 0.3) is 0 Å². The summed E-state index contributed by atoms with van der Waals surface area (Å²) in [7, 11) is 1.71. The quantitative estimate of drug-likeness (QED) is 0.474. The van der Waals surface area contributed by atoms with Crippen molar-refractivity contribution in [2.24, 2.45) is 0 Å². The molecular weight excluding hydrogens is 410 g/mol. The molecule has 0 aliphatic carbocycles. The van der Waals surface area contributed by atoms with Crippen LogP contribution in [-0.2, 0) is 22.4 Å². The zero-order valence-corrected chi connectivity index (χ0v) is 19.3. The number of nitrogens with zero attached hydrogens (tertiary/aromatic N) is 1. The topological polar surface area (TPSA) is 96.3 Å². The van der Waals surface area contributed by atoms with E-state index in [0.29, 0.717) is 6.61 Å². The van der Waals surface area contributed by atoms with E-state index in [9.17, 15) is 0 Å². The molecule has 0 amide bonds. The van der Waals surface area contributed by atoms with E-state index in [2.05, 4.69) is 55.1 Å². The first-order chi connectivity index (χ1) is 15.4. The van der Waals surface area contributed by atoms with Gasteiger partial charge in [0.15, 0.2) is 11.5 Å². The number of rotatable bonds is 12. The molecule has 0 fully saturated rings. The minimum absolute atomic E-state index is 0.653. The summed E-state index contributed by atoms with van der Waals surface area (Å²) in [6.45, 7) is 8.58. The molecule has 176 valence electrons. The van der Waals surface area contributed by atoms with E-state index < -0.39 is 11.9 Å². The highest BCUT2D eigenvalue weighted by Gasteiger charge is 2.08. The van der Waals surface area contributed by atoms with Gasteiger partial charge in [0, 0.05) is 13.0 Å². The minimum Gasteiger partial charge on any atom is -0.493 e. The molecule has 2 rings (SSSR count). The van der Waals surface area contributed by atoms with Gasteiger partial charge < -0.3 is 24.6 Å². The van der Waals surface area contributed by atoms with Crippen LogP contribution in [0.3, 0.4) is 0 Å². The Bertz CT molecular complexity index is 791. The lowest BCUT2D eigenvalue weighted by Gasteiger charge is -2.21. The number of methoxy groups -OCH3 is 1. The molecule has 7 nitrogen and oxygen atoms in total. The lowest BCUT2D eigenvalue weighted by Crippen LogP contribution is -2.27. The molecule has 0 aliphatic rings. The highest BCUT2D eigenvalue weighted by molar-refractivity contribution is 6.27. The maximum absolute atomic E-state index is 9.10. The van der Waals surface area contributed by atoms with Gasteiger partial charge in [-0.05, 0) is 55.6 Å². The van der Waals surface area contributed by atoms with E-state index in [-0.39, 0.29) is 0 Å². The molecule has 7 heteroatoms. The van der Waals surface area contributed by atoms with Gasteiger partial charge in [0.05, 0.1) is 13.7 Å². The van der Waals surface area contributed by atoms with Crippen LogP contribution in [0.1, 0.15) is 37.8 Å². The van der Waals surface area contributed by atoms with Crippen LogP contribution in [0.15, 0.2) is 48.5 Å². The lowest BCUT2D eigenvalue weighted by atomic mass is 10.1. The molecule has 2 aromatic rings. The summed E-state index contributed by atoms with van der Waals surface area (Å²) in [5.41, 5.74) is 2.59. The summed E-state index contributed by atoms with van der Waals surface area (Å²) in [4.78, 5) is 20.7. The van der Waals surface area contributed by atoms with Gasteiger partial charge in [-0.1, -0.05) is 50.2 Å². The van der Waals surface area contributed by atoms with Crippen LogP contribution in [0, 0.1) is 0 Å².